The van der Waals surface area contributed by atoms with E-state index < -0.39 is 11.9 Å². The van der Waals surface area contributed by atoms with E-state index in [-0.39, 0.29) is 24.5 Å². The SMILES string of the molecule is C=C/C=C(\C=C/CC)CC(CC(=O)c1ccc(-c2ccc(NC(=O)CCCC)cc2)cc1)C(=O)O.CC. The van der Waals surface area contributed by atoms with E-state index in [2.05, 4.69) is 18.8 Å². The van der Waals surface area contributed by atoms with Gasteiger partial charge in [-0.15, -0.1) is 0 Å². The van der Waals surface area contributed by atoms with Crippen molar-refractivity contribution in [1.29, 1.82) is 0 Å². The molecule has 0 aliphatic heterocycles. The van der Waals surface area contributed by atoms with Gasteiger partial charge in [-0.1, -0.05) is 101 Å². The molecule has 2 N–H and O–H groups in total. The number of ketones is 1. The molecule has 198 valence electrons. The van der Waals surface area contributed by atoms with Crippen LogP contribution in [-0.2, 0) is 9.59 Å². The van der Waals surface area contributed by atoms with Gasteiger partial charge < -0.3 is 10.4 Å². The van der Waals surface area contributed by atoms with Crippen LogP contribution in [0.15, 0.2) is 85.0 Å². The predicted octanol–water partition coefficient (Wildman–Crippen LogP) is 8.25. The van der Waals surface area contributed by atoms with Crippen LogP contribution in [0.2, 0.25) is 0 Å². The number of amides is 1. The van der Waals surface area contributed by atoms with Gasteiger partial charge in [0.15, 0.2) is 5.78 Å². The van der Waals surface area contributed by atoms with E-state index in [1.807, 2.05) is 69.3 Å². The lowest BCUT2D eigenvalue weighted by atomic mass is 9.91. The number of carboxylic acids is 1. The van der Waals surface area contributed by atoms with E-state index in [0.29, 0.717) is 12.0 Å². The Morgan fingerprint density at radius 1 is 0.946 bits per heavy atom. The van der Waals surface area contributed by atoms with Crippen LogP contribution in [0.1, 0.15) is 76.6 Å². The predicted molar refractivity (Wildman–Crippen MR) is 154 cm³/mol. The molecule has 5 nitrogen and oxygen atoms in total. The van der Waals surface area contributed by atoms with Gasteiger partial charge in [0.05, 0.1) is 5.92 Å². The van der Waals surface area contributed by atoms with E-state index in [0.717, 1.165) is 41.6 Å². The van der Waals surface area contributed by atoms with Crippen molar-refractivity contribution < 1.29 is 19.5 Å². The van der Waals surface area contributed by atoms with Crippen molar-refractivity contribution in [3.63, 3.8) is 0 Å². The van der Waals surface area contributed by atoms with E-state index in [4.69, 9.17) is 0 Å². The minimum absolute atomic E-state index is 0.00983. The maximum absolute atomic E-state index is 12.8. The third-order valence-electron chi connectivity index (χ3n) is 5.63. The molecule has 2 aromatic rings. The summed E-state index contributed by atoms with van der Waals surface area (Å²) in [7, 11) is 0. The summed E-state index contributed by atoms with van der Waals surface area (Å²) in [4.78, 5) is 36.5. The summed E-state index contributed by atoms with van der Waals surface area (Å²) < 4.78 is 0. The fourth-order valence-corrected chi connectivity index (χ4v) is 3.64. The van der Waals surface area contributed by atoms with Crippen LogP contribution >= 0.6 is 0 Å². The highest BCUT2D eigenvalue weighted by atomic mass is 16.4. The van der Waals surface area contributed by atoms with Crippen molar-refractivity contribution in [2.24, 2.45) is 5.92 Å². The maximum atomic E-state index is 12.8. The van der Waals surface area contributed by atoms with Gasteiger partial charge in [0.25, 0.3) is 0 Å². The first-order chi connectivity index (χ1) is 17.9. The number of hydrogen-bond acceptors (Lipinski definition) is 3. The van der Waals surface area contributed by atoms with Gasteiger partial charge in [0, 0.05) is 24.1 Å². The Morgan fingerprint density at radius 3 is 2.05 bits per heavy atom. The Hall–Kier alpha value is -3.73. The molecule has 1 amide bonds. The molecule has 5 heteroatoms. The molecule has 0 fully saturated rings. The lowest BCUT2D eigenvalue weighted by molar-refractivity contribution is -0.141. The van der Waals surface area contributed by atoms with Crippen LogP contribution in [0.5, 0.6) is 0 Å². The normalized spacial score (nSPS) is 11.8. The second-order valence-corrected chi connectivity index (χ2v) is 8.46. The van der Waals surface area contributed by atoms with Crippen LogP contribution in [0.3, 0.4) is 0 Å². The Kier molecular flexibility index (Phi) is 14.9. The number of Topliss-reactive ketones (excluding diaryl/α,β-unsaturated/α-hetero) is 1. The molecule has 0 aliphatic carbocycles. The Morgan fingerprint density at radius 2 is 1.54 bits per heavy atom. The Labute approximate surface area is 222 Å². The first-order valence-corrected chi connectivity index (χ1v) is 13.1. The number of unbranched alkanes of at least 4 members (excludes halogenated alkanes) is 1. The van der Waals surface area contributed by atoms with Gasteiger partial charge in [-0.2, -0.15) is 0 Å². The molecule has 0 radical (unpaired) electrons. The summed E-state index contributed by atoms with van der Waals surface area (Å²) in [5, 5.41) is 12.6. The van der Waals surface area contributed by atoms with E-state index in [9.17, 15) is 19.5 Å². The van der Waals surface area contributed by atoms with Crippen molar-refractivity contribution in [2.75, 3.05) is 5.32 Å². The Balaban J connectivity index is 0.00000334. The molecule has 1 atom stereocenters. The number of aliphatic carboxylic acids is 1. The third-order valence-corrected chi connectivity index (χ3v) is 5.63. The van der Waals surface area contributed by atoms with Gasteiger partial charge in [0.1, 0.15) is 0 Å². The van der Waals surface area contributed by atoms with Crippen LogP contribution < -0.4 is 5.32 Å². The Bertz CT molecular complexity index is 1060. The molecule has 0 aliphatic rings. The van der Waals surface area contributed by atoms with E-state index in [1.165, 1.54) is 0 Å². The van der Waals surface area contributed by atoms with Crippen molar-refractivity contribution in [3.05, 3.63) is 90.6 Å². The topological polar surface area (TPSA) is 83.5 Å². The molecule has 0 aromatic heterocycles. The molecule has 1 unspecified atom stereocenters. The lowest BCUT2D eigenvalue weighted by Gasteiger charge is -2.13. The summed E-state index contributed by atoms with van der Waals surface area (Å²) in [5.74, 6) is -1.99. The summed E-state index contributed by atoms with van der Waals surface area (Å²) in [6.07, 6.45) is 10.6. The summed E-state index contributed by atoms with van der Waals surface area (Å²) in [5.41, 5.74) is 3.96. The standard InChI is InChI=1S/C30H35NO4.C2H6/c1-4-7-10-22(9-6-3)20-26(30(34)35)21-28(32)25-14-12-23(13-15-25)24-16-18-27(19-17-24)31-29(33)11-8-5-2;1-2/h6-7,9-10,12-19,26H,3-5,8,11,20-21H2,1-2H3,(H,31,33)(H,34,35);1-2H3/b10-7-,22-9+;. The minimum Gasteiger partial charge on any atom is -0.481 e. The first-order valence-electron chi connectivity index (χ1n) is 13.1. The molecule has 2 aromatic carbocycles. The lowest BCUT2D eigenvalue weighted by Crippen LogP contribution is -2.18. The van der Waals surface area contributed by atoms with Crippen LogP contribution in [-0.4, -0.2) is 22.8 Å². The van der Waals surface area contributed by atoms with Gasteiger partial charge >= 0.3 is 5.97 Å². The molecule has 2 rings (SSSR count). The molecule has 0 saturated heterocycles. The molecule has 0 bridgehead atoms. The van der Waals surface area contributed by atoms with Gasteiger partial charge in [0.2, 0.25) is 5.91 Å². The monoisotopic (exact) mass is 503 g/mol. The molecular weight excluding hydrogens is 462 g/mol. The van der Waals surface area contributed by atoms with E-state index in [1.54, 1.807) is 24.3 Å². The van der Waals surface area contributed by atoms with Crippen molar-refractivity contribution in [1.82, 2.24) is 0 Å². The number of hydrogen-bond donors (Lipinski definition) is 2. The largest absolute Gasteiger partial charge is 0.481 e. The van der Waals surface area contributed by atoms with Crippen LogP contribution in [0, 0.1) is 5.92 Å². The molecular formula is C32H41NO4. The van der Waals surface area contributed by atoms with E-state index >= 15 is 0 Å². The van der Waals surface area contributed by atoms with Crippen molar-refractivity contribution >= 4 is 23.3 Å². The van der Waals surface area contributed by atoms with Gasteiger partial charge in [-0.3, -0.25) is 14.4 Å². The highest BCUT2D eigenvalue weighted by Crippen LogP contribution is 2.24. The number of benzene rings is 2. The number of rotatable bonds is 14. The fourth-order valence-electron chi connectivity index (χ4n) is 3.64. The third kappa shape index (κ3) is 11.2. The van der Waals surface area contributed by atoms with Crippen molar-refractivity contribution in [2.45, 2.75) is 66.2 Å². The minimum atomic E-state index is -0.989. The zero-order valence-electron chi connectivity index (χ0n) is 22.6. The maximum Gasteiger partial charge on any atom is 0.307 e. The molecule has 0 heterocycles. The van der Waals surface area contributed by atoms with Crippen LogP contribution in [0.25, 0.3) is 11.1 Å². The smallest absolute Gasteiger partial charge is 0.307 e. The average Bonchev–Trinajstić information content (AvgIpc) is 2.91. The number of allylic oxidation sites excluding steroid dienone is 5. The summed E-state index contributed by atoms with van der Waals surface area (Å²) in [6.45, 7) is 11.7. The highest BCUT2D eigenvalue weighted by Gasteiger charge is 2.22. The molecule has 0 saturated carbocycles. The highest BCUT2D eigenvalue weighted by molar-refractivity contribution is 5.98. The number of carboxylic acid groups (broad SMARTS) is 1. The summed E-state index contributed by atoms with van der Waals surface area (Å²) in [6, 6.07) is 14.7. The number of anilines is 1. The zero-order valence-corrected chi connectivity index (χ0v) is 22.6. The second-order valence-electron chi connectivity index (χ2n) is 8.46. The average molecular weight is 504 g/mol. The molecule has 0 spiro atoms. The van der Waals surface area contributed by atoms with Gasteiger partial charge in [-0.05, 0) is 48.1 Å². The molecule has 37 heavy (non-hydrogen) atoms. The fraction of sp³-hybridized carbons (Fsp3) is 0.344. The quantitative estimate of drug-likeness (QED) is 0.201. The van der Waals surface area contributed by atoms with Crippen LogP contribution in [0.4, 0.5) is 5.69 Å². The zero-order chi connectivity index (χ0) is 27.6. The number of nitrogens with one attached hydrogen (secondary N) is 1. The second kappa shape index (κ2) is 17.7. The number of carbonyl (C=O) groups is 3. The first kappa shape index (κ1) is 31.3. The summed E-state index contributed by atoms with van der Waals surface area (Å²) >= 11 is 0. The van der Waals surface area contributed by atoms with Crippen molar-refractivity contribution in [3.8, 4) is 11.1 Å². The number of carbonyl (C=O) groups excluding carboxylic acids is 2. The van der Waals surface area contributed by atoms with Gasteiger partial charge in [-0.25, -0.2) is 0 Å².